The van der Waals surface area contributed by atoms with Gasteiger partial charge in [-0.3, -0.25) is 0 Å². The van der Waals surface area contributed by atoms with Gasteiger partial charge in [0.05, 0.1) is 6.67 Å². The molecule has 2 rings (SSSR count). The van der Waals surface area contributed by atoms with E-state index in [1.54, 1.807) is 0 Å². The standard InChI is InChI=1S/C15H21BrN2.HI/c1-2-3-4-5-10-17-11-12-18(13-17)15-8-6-14(16)7-9-15;/h6-9,11-12H,2-5,10,13H2,1H3;1H. The van der Waals surface area contributed by atoms with Crippen LogP contribution in [-0.2, 0) is 0 Å². The summed E-state index contributed by atoms with van der Waals surface area (Å²) in [6, 6.07) is 8.48. The Bertz CT molecular complexity index is 392. The first-order chi connectivity index (χ1) is 8.79. The van der Waals surface area contributed by atoms with Crippen molar-refractivity contribution in [3.63, 3.8) is 0 Å². The first-order valence-corrected chi connectivity index (χ1v) is 7.53. The van der Waals surface area contributed by atoms with E-state index in [0.717, 1.165) is 11.1 Å². The monoisotopic (exact) mass is 436 g/mol. The maximum absolute atomic E-state index is 3.47. The second-order valence-electron chi connectivity index (χ2n) is 4.76. The first-order valence-electron chi connectivity index (χ1n) is 6.74. The van der Waals surface area contributed by atoms with Gasteiger partial charge >= 0.3 is 0 Å². The third-order valence-corrected chi connectivity index (χ3v) is 3.78. The van der Waals surface area contributed by atoms with E-state index in [9.17, 15) is 0 Å². The lowest BCUT2D eigenvalue weighted by molar-refractivity contribution is 0.390. The van der Waals surface area contributed by atoms with Crippen molar-refractivity contribution in [2.24, 2.45) is 0 Å². The summed E-state index contributed by atoms with van der Waals surface area (Å²) >= 11 is 3.47. The van der Waals surface area contributed by atoms with Gasteiger partial charge in [0.2, 0.25) is 0 Å². The summed E-state index contributed by atoms with van der Waals surface area (Å²) in [4.78, 5) is 4.67. The summed E-state index contributed by atoms with van der Waals surface area (Å²) in [6.07, 6.45) is 9.68. The first kappa shape index (κ1) is 16.8. The normalized spacial score (nSPS) is 13.8. The Morgan fingerprint density at radius 2 is 1.79 bits per heavy atom. The Morgan fingerprint density at radius 3 is 2.47 bits per heavy atom. The Kier molecular flexibility index (Phi) is 7.83. The van der Waals surface area contributed by atoms with E-state index in [1.807, 2.05) is 0 Å². The zero-order chi connectivity index (χ0) is 12.8. The molecule has 0 saturated heterocycles. The highest BCUT2D eigenvalue weighted by molar-refractivity contribution is 14.0. The molecule has 1 aromatic carbocycles. The number of hydrogen-bond acceptors (Lipinski definition) is 2. The van der Waals surface area contributed by atoms with Gasteiger partial charge in [0, 0.05) is 29.1 Å². The van der Waals surface area contributed by atoms with Crippen molar-refractivity contribution >= 4 is 45.6 Å². The Hall–Kier alpha value is -0.230. The Morgan fingerprint density at radius 1 is 1.05 bits per heavy atom. The Balaban J connectivity index is 0.00000180. The molecule has 4 heteroatoms. The molecule has 19 heavy (non-hydrogen) atoms. The molecule has 0 atom stereocenters. The predicted molar refractivity (Wildman–Crippen MR) is 96.9 cm³/mol. The van der Waals surface area contributed by atoms with Crippen LogP contribution < -0.4 is 4.90 Å². The molecule has 106 valence electrons. The quantitative estimate of drug-likeness (QED) is 0.446. The molecule has 0 saturated carbocycles. The van der Waals surface area contributed by atoms with E-state index in [0.29, 0.717) is 0 Å². The highest BCUT2D eigenvalue weighted by Crippen LogP contribution is 2.21. The average molecular weight is 437 g/mol. The van der Waals surface area contributed by atoms with Gasteiger partial charge in [-0.2, -0.15) is 0 Å². The van der Waals surface area contributed by atoms with Crippen LogP contribution >= 0.6 is 39.9 Å². The van der Waals surface area contributed by atoms with Crippen LogP contribution in [0.4, 0.5) is 5.69 Å². The van der Waals surface area contributed by atoms with E-state index in [2.05, 4.69) is 69.3 Å². The predicted octanol–water partition coefficient (Wildman–Crippen LogP) is 5.20. The SMILES string of the molecule is CCCCCCN1C=CN(c2ccc(Br)cc2)C1.I. The van der Waals surface area contributed by atoms with Gasteiger partial charge in [-0.25, -0.2) is 0 Å². The molecule has 1 aliphatic rings. The molecule has 0 aliphatic carbocycles. The minimum absolute atomic E-state index is 0. The smallest absolute Gasteiger partial charge is 0.0941 e. The number of halogens is 2. The van der Waals surface area contributed by atoms with E-state index in [4.69, 9.17) is 0 Å². The molecule has 0 fully saturated rings. The molecular formula is C15H22BrIN2. The molecular weight excluding hydrogens is 415 g/mol. The van der Waals surface area contributed by atoms with Gasteiger partial charge in [-0.05, 0) is 30.7 Å². The summed E-state index contributed by atoms with van der Waals surface area (Å²) in [6.45, 7) is 4.41. The topological polar surface area (TPSA) is 6.48 Å². The van der Waals surface area contributed by atoms with Gasteiger partial charge in [-0.1, -0.05) is 42.1 Å². The fourth-order valence-electron chi connectivity index (χ4n) is 2.15. The lowest BCUT2D eigenvalue weighted by Crippen LogP contribution is -2.25. The highest BCUT2D eigenvalue weighted by atomic mass is 127. The molecule has 1 aliphatic heterocycles. The molecule has 0 bridgehead atoms. The largest absolute Gasteiger partial charge is 0.358 e. The molecule has 0 radical (unpaired) electrons. The van der Waals surface area contributed by atoms with Crippen LogP contribution in [0.5, 0.6) is 0 Å². The third-order valence-electron chi connectivity index (χ3n) is 3.25. The van der Waals surface area contributed by atoms with E-state index in [-0.39, 0.29) is 24.0 Å². The zero-order valence-electron chi connectivity index (χ0n) is 11.4. The second-order valence-corrected chi connectivity index (χ2v) is 5.67. The zero-order valence-corrected chi connectivity index (χ0v) is 15.3. The van der Waals surface area contributed by atoms with Crippen molar-refractivity contribution in [3.05, 3.63) is 41.1 Å². The molecule has 0 unspecified atom stereocenters. The van der Waals surface area contributed by atoms with Crippen molar-refractivity contribution in [2.75, 3.05) is 18.1 Å². The lowest BCUT2D eigenvalue weighted by atomic mass is 10.2. The number of anilines is 1. The Labute approximate surface area is 142 Å². The van der Waals surface area contributed by atoms with Crippen LogP contribution in [0, 0.1) is 0 Å². The van der Waals surface area contributed by atoms with Crippen LogP contribution in [-0.4, -0.2) is 18.1 Å². The number of benzene rings is 1. The number of hydrogen-bond donors (Lipinski definition) is 0. The second kappa shape index (κ2) is 8.84. The molecule has 0 aromatic heterocycles. The van der Waals surface area contributed by atoms with Crippen LogP contribution in [0.15, 0.2) is 41.1 Å². The highest BCUT2D eigenvalue weighted by Gasteiger charge is 2.12. The summed E-state index contributed by atoms with van der Waals surface area (Å²) in [7, 11) is 0. The van der Waals surface area contributed by atoms with Crippen molar-refractivity contribution in [2.45, 2.75) is 32.6 Å². The minimum Gasteiger partial charge on any atom is -0.358 e. The van der Waals surface area contributed by atoms with E-state index < -0.39 is 0 Å². The summed E-state index contributed by atoms with van der Waals surface area (Å²) in [5.41, 5.74) is 1.26. The van der Waals surface area contributed by atoms with Crippen LogP contribution in [0.2, 0.25) is 0 Å². The van der Waals surface area contributed by atoms with Gasteiger partial charge in [0.15, 0.2) is 0 Å². The van der Waals surface area contributed by atoms with Crippen molar-refractivity contribution in [3.8, 4) is 0 Å². The molecule has 0 spiro atoms. The molecule has 1 aromatic rings. The van der Waals surface area contributed by atoms with Crippen LogP contribution in [0.25, 0.3) is 0 Å². The minimum atomic E-state index is 0. The number of nitrogens with zero attached hydrogens (tertiary/aromatic N) is 2. The van der Waals surface area contributed by atoms with Gasteiger partial charge in [-0.15, -0.1) is 24.0 Å². The van der Waals surface area contributed by atoms with Gasteiger partial charge < -0.3 is 9.80 Å². The molecule has 0 amide bonds. The number of unbranched alkanes of at least 4 members (excludes halogenated alkanes) is 3. The van der Waals surface area contributed by atoms with Gasteiger partial charge in [0.1, 0.15) is 0 Å². The van der Waals surface area contributed by atoms with Crippen molar-refractivity contribution in [1.82, 2.24) is 4.90 Å². The summed E-state index contributed by atoms with van der Waals surface area (Å²) < 4.78 is 1.13. The van der Waals surface area contributed by atoms with Crippen LogP contribution in [0.3, 0.4) is 0 Å². The van der Waals surface area contributed by atoms with Gasteiger partial charge in [0.25, 0.3) is 0 Å². The molecule has 0 N–H and O–H groups in total. The summed E-state index contributed by atoms with van der Waals surface area (Å²) in [5, 5.41) is 0. The molecule has 2 nitrogen and oxygen atoms in total. The molecule has 1 heterocycles. The maximum Gasteiger partial charge on any atom is 0.0941 e. The fourth-order valence-corrected chi connectivity index (χ4v) is 2.42. The maximum atomic E-state index is 3.47. The average Bonchev–Trinajstić information content (AvgIpc) is 2.84. The van der Waals surface area contributed by atoms with Crippen molar-refractivity contribution < 1.29 is 0 Å². The van der Waals surface area contributed by atoms with Crippen LogP contribution in [0.1, 0.15) is 32.6 Å². The fraction of sp³-hybridized carbons (Fsp3) is 0.467. The number of rotatable bonds is 6. The third kappa shape index (κ3) is 5.34. The lowest BCUT2D eigenvalue weighted by Gasteiger charge is -2.21. The van der Waals surface area contributed by atoms with E-state index >= 15 is 0 Å². The van der Waals surface area contributed by atoms with E-state index in [1.165, 1.54) is 37.9 Å². The summed E-state index contributed by atoms with van der Waals surface area (Å²) in [5.74, 6) is 0. The van der Waals surface area contributed by atoms with Crippen molar-refractivity contribution in [1.29, 1.82) is 0 Å².